The van der Waals surface area contributed by atoms with Crippen LogP contribution in [0.3, 0.4) is 0 Å². The molecule has 1 amide bonds. The second-order valence-electron chi connectivity index (χ2n) is 5.33. The van der Waals surface area contributed by atoms with E-state index in [1.807, 2.05) is 37.3 Å². The minimum absolute atomic E-state index is 0.0769. The lowest BCUT2D eigenvalue weighted by atomic mass is 10.2. The number of pyridine rings is 1. The first-order valence-corrected chi connectivity index (χ1v) is 7.44. The van der Waals surface area contributed by atoms with Gasteiger partial charge in [0.2, 0.25) is 0 Å². The van der Waals surface area contributed by atoms with Crippen LogP contribution in [0.25, 0.3) is 5.65 Å². The molecule has 0 unspecified atom stereocenters. The molecule has 0 aliphatic rings. The van der Waals surface area contributed by atoms with Gasteiger partial charge in [0.25, 0.3) is 5.91 Å². The Bertz CT molecular complexity index is 814. The van der Waals surface area contributed by atoms with Crippen LogP contribution in [0.15, 0.2) is 48.7 Å². The van der Waals surface area contributed by atoms with E-state index in [4.69, 9.17) is 0 Å². The van der Waals surface area contributed by atoms with E-state index in [-0.39, 0.29) is 19.1 Å². The number of carbonyl (C=O) groups is 1. The molecule has 118 valence electrons. The number of hydrogen-bond donors (Lipinski definition) is 1. The van der Waals surface area contributed by atoms with Crippen molar-refractivity contribution in [3.63, 3.8) is 0 Å². The van der Waals surface area contributed by atoms with Crippen molar-refractivity contribution in [3.8, 4) is 0 Å². The highest BCUT2D eigenvalue weighted by Gasteiger charge is 2.17. The van der Waals surface area contributed by atoms with Crippen LogP contribution in [-0.4, -0.2) is 43.7 Å². The van der Waals surface area contributed by atoms with Crippen LogP contribution in [-0.2, 0) is 6.54 Å². The van der Waals surface area contributed by atoms with E-state index in [1.54, 1.807) is 27.6 Å². The molecule has 6 nitrogen and oxygen atoms in total. The summed E-state index contributed by atoms with van der Waals surface area (Å²) < 4.78 is 1.78. The van der Waals surface area contributed by atoms with Gasteiger partial charge in [-0.05, 0) is 24.6 Å². The van der Waals surface area contributed by atoms with Crippen molar-refractivity contribution in [2.45, 2.75) is 13.5 Å². The Kier molecular flexibility index (Phi) is 4.34. The van der Waals surface area contributed by atoms with Crippen molar-refractivity contribution in [1.29, 1.82) is 0 Å². The third-order valence-corrected chi connectivity index (χ3v) is 3.69. The fraction of sp³-hybridized carbons (Fsp3) is 0.235. The van der Waals surface area contributed by atoms with Gasteiger partial charge in [-0.3, -0.25) is 9.20 Å². The highest BCUT2D eigenvalue weighted by Crippen LogP contribution is 2.12. The summed E-state index contributed by atoms with van der Waals surface area (Å²) in [7, 11) is 0. The Balaban J connectivity index is 1.88. The normalized spacial score (nSPS) is 10.9. The van der Waals surface area contributed by atoms with Crippen molar-refractivity contribution >= 4 is 11.6 Å². The lowest BCUT2D eigenvalue weighted by Gasteiger charge is -2.22. The maximum Gasteiger partial charge on any atom is 0.255 e. The molecule has 0 bridgehead atoms. The number of fused-ring (bicyclic) bond motifs is 1. The summed E-state index contributed by atoms with van der Waals surface area (Å²) in [5.74, 6) is 0.601. The summed E-state index contributed by atoms with van der Waals surface area (Å²) in [6.07, 6.45) is 1.74. The Morgan fingerprint density at radius 3 is 2.70 bits per heavy atom. The summed E-state index contributed by atoms with van der Waals surface area (Å²) in [6, 6.07) is 13.2. The lowest BCUT2D eigenvalue weighted by Crippen LogP contribution is -2.33. The van der Waals surface area contributed by atoms with Gasteiger partial charge >= 0.3 is 0 Å². The van der Waals surface area contributed by atoms with E-state index in [0.29, 0.717) is 17.8 Å². The smallest absolute Gasteiger partial charge is 0.255 e. The molecular formula is C17H18N4O2. The summed E-state index contributed by atoms with van der Waals surface area (Å²) in [6.45, 7) is 2.50. The second kappa shape index (κ2) is 6.58. The van der Waals surface area contributed by atoms with E-state index in [2.05, 4.69) is 10.2 Å². The number of aliphatic hydroxyl groups is 1. The number of hydrogen-bond acceptors (Lipinski definition) is 4. The average molecular weight is 310 g/mol. The van der Waals surface area contributed by atoms with Gasteiger partial charge in [0.15, 0.2) is 5.65 Å². The number of carbonyl (C=O) groups excluding carboxylic acids is 1. The number of aryl methyl sites for hydroxylation is 1. The van der Waals surface area contributed by atoms with Crippen LogP contribution in [0.2, 0.25) is 0 Å². The lowest BCUT2D eigenvalue weighted by molar-refractivity contribution is 0.0707. The monoisotopic (exact) mass is 310 g/mol. The summed E-state index contributed by atoms with van der Waals surface area (Å²) in [5.41, 5.74) is 2.27. The minimum atomic E-state index is -0.127. The van der Waals surface area contributed by atoms with Gasteiger partial charge in [-0.1, -0.05) is 30.3 Å². The highest BCUT2D eigenvalue weighted by atomic mass is 16.3. The molecule has 0 aliphatic carbocycles. The van der Waals surface area contributed by atoms with Gasteiger partial charge in [-0.15, -0.1) is 10.2 Å². The summed E-state index contributed by atoms with van der Waals surface area (Å²) in [5, 5.41) is 17.3. The molecule has 2 aromatic heterocycles. The Morgan fingerprint density at radius 2 is 1.96 bits per heavy atom. The minimum Gasteiger partial charge on any atom is -0.395 e. The first kappa shape index (κ1) is 15.2. The largest absolute Gasteiger partial charge is 0.395 e. The molecule has 0 aliphatic heterocycles. The Morgan fingerprint density at radius 1 is 1.17 bits per heavy atom. The number of rotatable bonds is 5. The van der Waals surface area contributed by atoms with Crippen molar-refractivity contribution < 1.29 is 9.90 Å². The zero-order valence-electron chi connectivity index (χ0n) is 12.9. The third-order valence-electron chi connectivity index (χ3n) is 3.69. The van der Waals surface area contributed by atoms with E-state index in [0.717, 1.165) is 11.4 Å². The van der Waals surface area contributed by atoms with Crippen molar-refractivity contribution in [3.05, 3.63) is 65.6 Å². The molecule has 3 aromatic rings. The van der Waals surface area contributed by atoms with Crippen LogP contribution in [0.4, 0.5) is 0 Å². The molecule has 3 rings (SSSR count). The zero-order chi connectivity index (χ0) is 16.2. The summed E-state index contributed by atoms with van der Waals surface area (Å²) in [4.78, 5) is 14.4. The zero-order valence-corrected chi connectivity index (χ0v) is 12.9. The molecule has 1 aromatic carbocycles. The molecule has 0 saturated carbocycles. The molecule has 2 heterocycles. The van der Waals surface area contributed by atoms with Crippen LogP contribution < -0.4 is 0 Å². The fourth-order valence-corrected chi connectivity index (χ4v) is 2.49. The molecular weight excluding hydrogens is 292 g/mol. The van der Waals surface area contributed by atoms with Crippen LogP contribution in [0.5, 0.6) is 0 Å². The maximum atomic E-state index is 12.8. The van der Waals surface area contributed by atoms with E-state index >= 15 is 0 Å². The van der Waals surface area contributed by atoms with Gasteiger partial charge in [-0.25, -0.2) is 0 Å². The fourth-order valence-electron chi connectivity index (χ4n) is 2.49. The van der Waals surface area contributed by atoms with Crippen molar-refractivity contribution in [2.75, 3.05) is 13.2 Å². The number of amides is 1. The van der Waals surface area contributed by atoms with Crippen molar-refractivity contribution in [1.82, 2.24) is 19.5 Å². The standard InChI is InChI=1S/C17H18N4O2/c1-13-18-19-16-8-7-15(12-21(13)16)17(23)20(9-10-22)11-14-5-3-2-4-6-14/h2-8,12,22H,9-11H2,1H3. The molecule has 0 fully saturated rings. The second-order valence-corrected chi connectivity index (χ2v) is 5.33. The molecule has 1 N–H and O–H groups in total. The van der Waals surface area contributed by atoms with E-state index in [1.165, 1.54) is 0 Å². The molecule has 0 atom stereocenters. The molecule has 6 heteroatoms. The SMILES string of the molecule is Cc1nnc2ccc(C(=O)N(CCO)Cc3ccccc3)cn12. The summed E-state index contributed by atoms with van der Waals surface area (Å²) >= 11 is 0. The Hall–Kier alpha value is -2.73. The molecule has 23 heavy (non-hydrogen) atoms. The predicted molar refractivity (Wildman–Crippen MR) is 86.0 cm³/mol. The van der Waals surface area contributed by atoms with Crippen LogP contribution >= 0.6 is 0 Å². The first-order valence-electron chi connectivity index (χ1n) is 7.44. The van der Waals surface area contributed by atoms with Gasteiger partial charge in [0.1, 0.15) is 5.82 Å². The van der Waals surface area contributed by atoms with Crippen LogP contribution in [0, 0.1) is 6.92 Å². The maximum absolute atomic E-state index is 12.8. The van der Waals surface area contributed by atoms with Gasteiger partial charge < -0.3 is 10.0 Å². The van der Waals surface area contributed by atoms with Gasteiger partial charge in [-0.2, -0.15) is 0 Å². The molecule has 0 saturated heterocycles. The van der Waals surface area contributed by atoms with Crippen LogP contribution in [0.1, 0.15) is 21.7 Å². The number of aromatic nitrogens is 3. The van der Waals surface area contributed by atoms with E-state index < -0.39 is 0 Å². The number of nitrogens with zero attached hydrogens (tertiary/aromatic N) is 4. The first-order chi connectivity index (χ1) is 11.2. The van der Waals surface area contributed by atoms with Gasteiger partial charge in [0, 0.05) is 19.3 Å². The Labute approximate surface area is 134 Å². The molecule has 0 spiro atoms. The predicted octanol–water partition coefficient (Wildman–Crippen LogP) is 1.67. The quantitative estimate of drug-likeness (QED) is 0.778. The average Bonchev–Trinajstić information content (AvgIpc) is 2.95. The highest BCUT2D eigenvalue weighted by molar-refractivity contribution is 5.94. The third kappa shape index (κ3) is 3.22. The van der Waals surface area contributed by atoms with Crippen molar-refractivity contribution in [2.24, 2.45) is 0 Å². The topological polar surface area (TPSA) is 70.7 Å². The van der Waals surface area contributed by atoms with Gasteiger partial charge in [0.05, 0.1) is 12.2 Å². The number of benzene rings is 1. The molecule has 0 radical (unpaired) electrons. The van der Waals surface area contributed by atoms with E-state index in [9.17, 15) is 9.90 Å². The number of aliphatic hydroxyl groups excluding tert-OH is 1.